The van der Waals surface area contributed by atoms with Crippen LogP contribution in [0.25, 0.3) is 22.1 Å². The first-order valence-corrected chi connectivity index (χ1v) is 9.86. The van der Waals surface area contributed by atoms with Crippen LogP contribution in [0.2, 0.25) is 0 Å². The highest BCUT2D eigenvalue weighted by Crippen LogP contribution is 2.26. The van der Waals surface area contributed by atoms with Crippen molar-refractivity contribution in [3.8, 4) is 0 Å². The predicted molar refractivity (Wildman–Crippen MR) is 112 cm³/mol. The topological polar surface area (TPSA) is 72.7 Å². The van der Waals surface area contributed by atoms with Crippen molar-refractivity contribution in [2.75, 3.05) is 0 Å². The summed E-state index contributed by atoms with van der Waals surface area (Å²) in [5, 5.41) is 11.6. The molecule has 1 N–H and O–H groups in total. The lowest BCUT2D eigenvalue weighted by molar-refractivity contribution is 0.0950. The van der Waals surface area contributed by atoms with Gasteiger partial charge in [0.15, 0.2) is 5.01 Å². The van der Waals surface area contributed by atoms with Gasteiger partial charge >= 0.3 is 0 Å². The lowest BCUT2D eigenvalue weighted by Gasteiger charge is -2.02. The van der Waals surface area contributed by atoms with Crippen LogP contribution in [-0.2, 0) is 13.6 Å². The zero-order valence-electron chi connectivity index (χ0n) is 15.3. The normalized spacial score (nSPS) is 11.8. The number of benzene rings is 2. The molecule has 4 aromatic rings. The molecule has 2 aromatic carbocycles. The molecule has 0 bridgehead atoms. The Kier molecular flexibility index (Phi) is 5.37. The fraction of sp³-hybridized carbons (Fsp3) is 0.100. The van der Waals surface area contributed by atoms with Crippen molar-refractivity contribution in [3.63, 3.8) is 0 Å². The number of halogens is 2. The molecule has 0 saturated heterocycles. The quantitative estimate of drug-likeness (QED) is 0.517. The summed E-state index contributed by atoms with van der Waals surface area (Å²) in [6.45, 7) is 0.261. The number of para-hydroxylation sites is 2. The molecule has 0 aliphatic rings. The number of fused-ring (bicyclic) bond motifs is 1. The molecule has 2 heterocycles. The van der Waals surface area contributed by atoms with Crippen molar-refractivity contribution in [3.05, 3.63) is 75.8 Å². The van der Waals surface area contributed by atoms with Gasteiger partial charge in [-0.1, -0.05) is 47.2 Å². The predicted octanol–water partition coefficient (Wildman–Crippen LogP) is 4.23. The summed E-state index contributed by atoms with van der Waals surface area (Å²) in [6.07, 6.45) is 1.70. The molecule has 0 fully saturated rings. The van der Waals surface area contributed by atoms with E-state index in [0.717, 1.165) is 27.9 Å². The first-order chi connectivity index (χ1) is 14.0. The Morgan fingerprint density at radius 1 is 1.17 bits per heavy atom. The number of nitrogens with one attached hydrogen (secondary N) is 1. The number of rotatable bonds is 5. The van der Waals surface area contributed by atoms with Crippen molar-refractivity contribution >= 4 is 51.0 Å². The molecule has 0 aliphatic carbocycles. The SMILES string of the molecule is Cn1c(C=C(Cl)c2nnc(C(=O)NCc3ccc(F)cc3)s2)nc2ccccc21. The van der Waals surface area contributed by atoms with Crippen LogP contribution < -0.4 is 5.32 Å². The minimum atomic E-state index is -0.370. The fourth-order valence-electron chi connectivity index (χ4n) is 2.74. The van der Waals surface area contributed by atoms with E-state index in [1.807, 2.05) is 35.9 Å². The number of nitrogens with zero attached hydrogens (tertiary/aromatic N) is 4. The molecular formula is C20H15ClFN5OS. The molecule has 0 unspecified atom stereocenters. The number of aryl methyl sites for hydroxylation is 1. The molecule has 0 atom stereocenters. The first-order valence-electron chi connectivity index (χ1n) is 8.66. The number of hydrogen-bond donors (Lipinski definition) is 1. The molecule has 9 heteroatoms. The molecule has 29 heavy (non-hydrogen) atoms. The van der Waals surface area contributed by atoms with E-state index in [-0.39, 0.29) is 23.3 Å². The van der Waals surface area contributed by atoms with E-state index < -0.39 is 0 Å². The smallest absolute Gasteiger partial charge is 0.282 e. The van der Waals surface area contributed by atoms with Crippen LogP contribution in [0.4, 0.5) is 4.39 Å². The molecule has 0 radical (unpaired) electrons. The minimum Gasteiger partial charge on any atom is -0.346 e. The molecule has 6 nitrogen and oxygen atoms in total. The van der Waals surface area contributed by atoms with Gasteiger partial charge in [-0.3, -0.25) is 4.79 Å². The highest BCUT2D eigenvalue weighted by Gasteiger charge is 2.15. The Morgan fingerprint density at radius 3 is 2.66 bits per heavy atom. The van der Waals surface area contributed by atoms with Crippen molar-refractivity contribution in [1.29, 1.82) is 0 Å². The second-order valence-corrected chi connectivity index (χ2v) is 7.62. The van der Waals surface area contributed by atoms with E-state index in [9.17, 15) is 9.18 Å². The Bertz CT molecular complexity index is 1220. The van der Waals surface area contributed by atoms with Crippen molar-refractivity contribution in [2.24, 2.45) is 7.05 Å². The van der Waals surface area contributed by atoms with E-state index >= 15 is 0 Å². The Labute approximate surface area is 174 Å². The van der Waals surface area contributed by atoms with Gasteiger partial charge in [-0.15, -0.1) is 10.2 Å². The third-order valence-corrected chi connectivity index (χ3v) is 5.62. The van der Waals surface area contributed by atoms with Crippen LogP contribution in [-0.4, -0.2) is 25.7 Å². The van der Waals surface area contributed by atoms with Gasteiger partial charge in [-0.2, -0.15) is 0 Å². The summed E-state index contributed by atoms with van der Waals surface area (Å²) < 4.78 is 14.9. The van der Waals surface area contributed by atoms with E-state index in [1.54, 1.807) is 18.2 Å². The maximum Gasteiger partial charge on any atom is 0.282 e. The van der Waals surface area contributed by atoms with Crippen LogP contribution >= 0.6 is 22.9 Å². The van der Waals surface area contributed by atoms with Crippen molar-refractivity contribution in [2.45, 2.75) is 6.54 Å². The largest absolute Gasteiger partial charge is 0.346 e. The number of hydrogen-bond acceptors (Lipinski definition) is 5. The van der Waals surface area contributed by atoms with Gasteiger partial charge in [0.25, 0.3) is 5.91 Å². The summed E-state index contributed by atoms with van der Waals surface area (Å²) in [4.78, 5) is 16.8. The molecular weight excluding hydrogens is 413 g/mol. The van der Waals surface area contributed by atoms with Crippen LogP contribution in [0.15, 0.2) is 48.5 Å². The minimum absolute atomic E-state index is 0.193. The zero-order chi connectivity index (χ0) is 20.4. The second kappa shape index (κ2) is 8.10. The average Bonchev–Trinajstić information content (AvgIpc) is 3.33. The number of amides is 1. The number of carbonyl (C=O) groups excluding carboxylic acids is 1. The fourth-order valence-corrected chi connectivity index (χ4v) is 3.66. The van der Waals surface area contributed by atoms with Crippen molar-refractivity contribution in [1.82, 2.24) is 25.1 Å². The highest BCUT2D eigenvalue weighted by atomic mass is 35.5. The number of carbonyl (C=O) groups is 1. The van der Waals surface area contributed by atoms with E-state index in [1.165, 1.54) is 12.1 Å². The standard InChI is InChI=1S/C20H15ClFN5OS/c1-27-16-5-3-2-4-15(16)24-17(27)10-14(21)19-25-26-20(29-19)18(28)23-11-12-6-8-13(22)9-7-12/h2-10H,11H2,1H3,(H,23,28). The summed E-state index contributed by atoms with van der Waals surface area (Å²) in [6, 6.07) is 13.7. The van der Waals surface area contributed by atoms with Gasteiger partial charge < -0.3 is 9.88 Å². The summed E-state index contributed by atoms with van der Waals surface area (Å²) in [5.74, 6) is -0.0186. The van der Waals surface area contributed by atoms with Crippen LogP contribution in [0.1, 0.15) is 26.2 Å². The van der Waals surface area contributed by atoms with Gasteiger partial charge in [0.05, 0.1) is 16.1 Å². The van der Waals surface area contributed by atoms with Gasteiger partial charge in [-0.05, 0) is 29.8 Å². The van der Waals surface area contributed by atoms with E-state index in [2.05, 4.69) is 20.5 Å². The molecule has 1 amide bonds. The maximum absolute atomic E-state index is 12.9. The highest BCUT2D eigenvalue weighted by molar-refractivity contribution is 7.15. The van der Waals surface area contributed by atoms with Crippen LogP contribution in [0.5, 0.6) is 0 Å². The summed E-state index contributed by atoms with van der Waals surface area (Å²) in [7, 11) is 1.90. The molecule has 0 saturated carbocycles. The maximum atomic E-state index is 12.9. The average molecular weight is 428 g/mol. The summed E-state index contributed by atoms with van der Waals surface area (Å²) >= 11 is 7.48. The Balaban J connectivity index is 1.48. The molecule has 146 valence electrons. The lowest BCUT2D eigenvalue weighted by Crippen LogP contribution is -2.22. The number of imidazole rings is 1. The molecule has 0 spiro atoms. The van der Waals surface area contributed by atoms with Crippen LogP contribution in [0.3, 0.4) is 0 Å². The van der Waals surface area contributed by atoms with E-state index in [4.69, 9.17) is 11.6 Å². The van der Waals surface area contributed by atoms with Gasteiger partial charge in [0.2, 0.25) is 5.01 Å². The molecule has 2 aromatic heterocycles. The van der Waals surface area contributed by atoms with Crippen molar-refractivity contribution < 1.29 is 9.18 Å². The molecule has 4 rings (SSSR count). The first kappa shape index (κ1) is 19.2. The third kappa shape index (κ3) is 4.18. The molecule has 0 aliphatic heterocycles. The Hall–Kier alpha value is -3.10. The second-order valence-electron chi connectivity index (χ2n) is 6.23. The Morgan fingerprint density at radius 2 is 1.90 bits per heavy atom. The third-order valence-electron chi connectivity index (χ3n) is 4.27. The zero-order valence-corrected chi connectivity index (χ0v) is 16.8. The number of aromatic nitrogens is 4. The van der Waals surface area contributed by atoms with E-state index in [0.29, 0.717) is 15.9 Å². The lowest BCUT2D eigenvalue weighted by atomic mass is 10.2. The summed E-state index contributed by atoms with van der Waals surface area (Å²) in [5.41, 5.74) is 2.63. The monoisotopic (exact) mass is 427 g/mol. The van der Waals surface area contributed by atoms with Crippen LogP contribution in [0, 0.1) is 5.82 Å². The van der Waals surface area contributed by atoms with Gasteiger partial charge in [0.1, 0.15) is 11.6 Å². The van der Waals surface area contributed by atoms with Gasteiger partial charge in [-0.25, -0.2) is 9.37 Å². The van der Waals surface area contributed by atoms with Gasteiger partial charge in [0, 0.05) is 19.7 Å².